The van der Waals surface area contributed by atoms with E-state index >= 15 is 0 Å². The maximum atomic E-state index is 6.57. The van der Waals surface area contributed by atoms with Crippen molar-refractivity contribution in [3.63, 3.8) is 0 Å². The van der Waals surface area contributed by atoms with Crippen molar-refractivity contribution in [1.29, 1.82) is 0 Å². The molecular weight excluding hydrogens is 450 g/mol. The van der Waals surface area contributed by atoms with Crippen LogP contribution in [0.25, 0.3) is 5.69 Å². The molecular formula is C26H24ClN5S. The fraction of sp³-hybridized carbons (Fsp3) is 0.192. The fourth-order valence-electron chi connectivity index (χ4n) is 4.69. The molecule has 1 saturated heterocycles. The van der Waals surface area contributed by atoms with E-state index < -0.39 is 0 Å². The van der Waals surface area contributed by atoms with Crippen LogP contribution in [0.2, 0.25) is 5.02 Å². The Balaban J connectivity index is 1.63. The predicted molar refractivity (Wildman–Crippen MR) is 135 cm³/mol. The molecule has 0 amide bonds. The van der Waals surface area contributed by atoms with Gasteiger partial charge >= 0.3 is 0 Å². The first-order valence-electron chi connectivity index (χ1n) is 10.9. The molecule has 0 bridgehead atoms. The van der Waals surface area contributed by atoms with Crippen LogP contribution in [0.1, 0.15) is 40.3 Å². The SMILES string of the molecule is Cc1cc([C@H]2[C@@H](c3ccccn3)NC(=S)N2Cc2cccnc2)c(C)n1-c1ccccc1Cl. The molecule has 2 atom stereocenters. The van der Waals surface area contributed by atoms with Crippen molar-refractivity contribution in [3.05, 3.63) is 112 Å². The zero-order chi connectivity index (χ0) is 22.9. The van der Waals surface area contributed by atoms with Gasteiger partial charge in [-0.15, -0.1) is 0 Å². The highest BCUT2D eigenvalue weighted by atomic mass is 35.5. The Kier molecular flexibility index (Phi) is 5.87. The molecule has 1 fully saturated rings. The van der Waals surface area contributed by atoms with Crippen molar-refractivity contribution in [2.75, 3.05) is 0 Å². The number of para-hydroxylation sites is 1. The summed E-state index contributed by atoms with van der Waals surface area (Å²) in [6, 6.07) is 20.1. The van der Waals surface area contributed by atoms with Crippen LogP contribution in [0.3, 0.4) is 0 Å². The van der Waals surface area contributed by atoms with E-state index in [1.807, 2.05) is 60.9 Å². The molecule has 4 heterocycles. The number of aromatic nitrogens is 3. The van der Waals surface area contributed by atoms with Crippen LogP contribution in [-0.2, 0) is 6.54 Å². The molecule has 0 spiro atoms. The highest BCUT2D eigenvalue weighted by Crippen LogP contribution is 2.42. The number of pyridine rings is 2. The van der Waals surface area contributed by atoms with E-state index in [2.05, 4.69) is 50.7 Å². The molecule has 5 nitrogen and oxygen atoms in total. The molecule has 33 heavy (non-hydrogen) atoms. The molecule has 166 valence electrons. The number of halogens is 1. The van der Waals surface area contributed by atoms with Gasteiger partial charge in [0, 0.05) is 36.5 Å². The fourth-order valence-corrected chi connectivity index (χ4v) is 5.22. The third-order valence-corrected chi connectivity index (χ3v) is 6.83. The highest BCUT2D eigenvalue weighted by Gasteiger charge is 2.41. The van der Waals surface area contributed by atoms with Gasteiger partial charge in [-0.3, -0.25) is 9.97 Å². The summed E-state index contributed by atoms with van der Waals surface area (Å²) in [6.45, 7) is 4.91. The summed E-state index contributed by atoms with van der Waals surface area (Å²) < 4.78 is 2.22. The van der Waals surface area contributed by atoms with Gasteiger partial charge < -0.3 is 14.8 Å². The monoisotopic (exact) mass is 473 g/mol. The van der Waals surface area contributed by atoms with Crippen LogP contribution >= 0.6 is 23.8 Å². The second kappa shape index (κ2) is 8.96. The lowest BCUT2D eigenvalue weighted by Crippen LogP contribution is -2.29. The van der Waals surface area contributed by atoms with Gasteiger partial charge in [0.1, 0.15) is 0 Å². The first kappa shape index (κ1) is 21.6. The van der Waals surface area contributed by atoms with Crippen LogP contribution in [0.5, 0.6) is 0 Å². The molecule has 1 aliphatic rings. The standard InChI is InChI=1S/C26H24ClN5S/c1-17-14-20(18(2)32(17)23-11-4-3-9-21(23)27)25-24(22-10-5-6-13-29-22)30-26(33)31(25)16-19-8-7-12-28-15-19/h3-15,24-25H,16H2,1-2H3,(H,30,33)/t24-,25+/m1/s1. The van der Waals surface area contributed by atoms with Crippen LogP contribution in [0.15, 0.2) is 79.3 Å². The summed E-state index contributed by atoms with van der Waals surface area (Å²) in [5, 5.41) is 4.97. The van der Waals surface area contributed by atoms with E-state index in [0.29, 0.717) is 11.7 Å². The van der Waals surface area contributed by atoms with E-state index in [1.54, 1.807) is 6.20 Å². The molecule has 5 rings (SSSR count). The predicted octanol–water partition coefficient (Wildman–Crippen LogP) is 5.71. The minimum absolute atomic E-state index is 0.0324. The molecule has 4 aromatic rings. The summed E-state index contributed by atoms with van der Waals surface area (Å²) in [4.78, 5) is 11.2. The first-order valence-corrected chi connectivity index (χ1v) is 11.6. The smallest absolute Gasteiger partial charge is 0.170 e. The summed E-state index contributed by atoms with van der Waals surface area (Å²) in [5.41, 5.74) is 6.49. The second-order valence-corrected chi connectivity index (χ2v) is 9.02. The Hall–Kier alpha value is -3.22. The first-order chi connectivity index (χ1) is 16.0. The van der Waals surface area contributed by atoms with Crippen LogP contribution in [0.4, 0.5) is 0 Å². The molecule has 0 unspecified atom stereocenters. The van der Waals surface area contributed by atoms with Crippen molar-refractivity contribution < 1.29 is 0 Å². The van der Waals surface area contributed by atoms with Gasteiger partial charge in [0.05, 0.1) is 28.5 Å². The zero-order valence-electron chi connectivity index (χ0n) is 18.4. The Labute approximate surface area is 204 Å². The zero-order valence-corrected chi connectivity index (χ0v) is 20.0. The highest BCUT2D eigenvalue weighted by molar-refractivity contribution is 7.80. The molecule has 7 heteroatoms. The van der Waals surface area contributed by atoms with Gasteiger partial charge in [0.25, 0.3) is 0 Å². The maximum absolute atomic E-state index is 6.57. The number of benzene rings is 1. The minimum Gasteiger partial charge on any atom is -0.352 e. The van der Waals surface area contributed by atoms with Crippen molar-refractivity contribution >= 4 is 28.9 Å². The minimum atomic E-state index is -0.0735. The number of hydrogen-bond donors (Lipinski definition) is 1. The third-order valence-electron chi connectivity index (χ3n) is 6.16. The van der Waals surface area contributed by atoms with Crippen LogP contribution in [-0.4, -0.2) is 24.5 Å². The van der Waals surface area contributed by atoms with E-state index in [4.69, 9.17) is 23.8 Å². The molecule has 0 radical (unpaired) electrons. The Morgan fingerprint density at radius 3 is 2.58 bits per heavy atom. The quantitative estimate of drug-likeness (QED) is 0.376. The van der Waals surface area contributed by atoms with Crippen molar-refractivity contribution in [2.45, 2.75) is 32.5 Å². The summed E-state index contributed by atoms with van der Waals surface area (Å²) in [5.74, 6) is 0. The average molecular weight is 474 g/mol. The summed E-state index contributed by atoms with van der Waals surface area (Å²) in [6.07, 6.45) is 5.50. The van der Waals surface area contributed by atoms with Gasteiger partial charge in [0.2, 0.25) is 0 Å². The van der Waals surface area contributed by atoms with E-state index in [-0.39, 0.29) is 12.1 Å². The molecule has 1 aromatic carbocycles. The molecule has 1 aliphatic heterocycles. The number of rotatable bonds is 5. The topological polar surface area (TPSA) is 46.0 Å². The van der Waals surface area contributed by atoms with Crippen molar-refractivity contribution in [2.24, 2.45) is 0 Å². The second-order valence-electron chi connectivity index (χ2n) is 8.23. The van der Waals surface area contributed by atoms with E-state index in [1.165, 1.54) is 5.56 Å². The van der Waals surface area contributed by atoms with E-state index in [0.717, 1.165) is 33.4 Å². The van der Waals surface area contributed by atoms with Gasteiger partial charge in [0.15, 0.2) is 5.11 Å². The Morgan fingerprint density at radius 1 is 1.03 bits per heavy atom. The summed E-state index contributed by atoms with van der Waals surface area (Å²) >= 11 is 12.4. The Morgan fingerprint density at radius 2 is 1.85 bits per heavy atom. The number of nitrogens with zero attached hydrogens (tertiary/aromatic N) is 4. The molecule has 3 aromatic heterocycles. The average Bonchev–Trinajstić information content (AvgIpc) is 3.30. The number of thiocarbonyl (C=S) groups is 1. The third kappa shape index (κ3) is 4.01. The van der Waals surface area contributed by atoms with Gasteiger partial charge in [-0.25, -0.2) is 0 Å². The van der Waals surface area contributed by atoms with Gasteiger partial charge in [-0.05, 0) is 73.6 Å². The van der Waals surface area contributed by atoms with Crippen LogP contribution in [0, 0.1) is 13.8 Å². The molecule has 0 saturated carbocycles. The summed E-state index contributed by atoms with van der Waals surface area (Å²) in [7, 11) is 0. The van der Waals surface area contributed by atoms with Gasteiger partial charge in [-0.1, -0.05) is 35.9 Å². The number of aryl methyl sites for hydroxylation is 1. The molecule has 1 N–H and O–H groups in total. The lowest BCUT2D eigenvalue weighted by molar-refractivity contribution is 0.310. The van der Waals surface area contributed by atoms with Crippen molar-refractivity contribution in [1.82, 2.24) is 24.8 Å². The van der Waals surface area contributed by atoms with Crippen LogP contribution < -0.4 is 5.32 Å². The van der Waals surface area contributed by atoms with E-state index in [9.17, 15) is 0 Å². The number of hydrogen-bond acceptors (Lipinski definition) is 3. The largest absolute Gasteiger partial charge is 0.352 e. The van der Waals surface area contributed by atoms with Crippen molar-refractivity contribution in [3.8, 4) is 5.69 Å². The maximum Gasteiger partial charge on any atom is 0.170 e. The van der Waals surface area contributed by atoms with Gasteiger partial charge in [-0.2, -0.15) is 0 Å². The number of nitrogens with one attached hydrogen (secondary N) is 1. The lowest BCUT2D eigenvalue weighted by Gasteiger charge is -2.28. The molecule has 0 aliphatic carbocycles. The lowest BCUT2D eigenvalue weighted by atomic mass is 9.96. The normalized spacial score (nSPS) is 17.9. The Bertz CT molecular complexity index is 1290.